The van der Waals surface area contributed by atoms with Crippen LogP contribution in [0.4, 0.5) is 0 Å². The van der Waals surface area contributed by atoms with Crippen LogP contribution >= 0.6 is 11.3 Å². The number of nitrogens with one attached hydrogen (secondary N) is 2. The van der Waals surface area contributed by atoms with E-state index in [4.69, 9.17) is 5.14 Å². The van der Waals surface area contributed by atoms with Crippen LogP contribution in [0, 0.1) is 0 Å². The topological polar surface area (TPSA) is 114 Å². The monoisotopic (exact) mass is 366 g/mol. The second-order valence-electron chi connectivity index (χ2n) is 5.59. The van der Waals surface area contributed by atoms with Crippen molar-refractivity contribution < 1.29 is 13.2 Å². The number of hydrogen-bond acceptors (Lipinski definition) is 6. The molecule has 1 aliphatic rings. The van der Waals surface area contributed by atoms with E-state index in [-0.39, 0.29) is 23.4 Å². The van der Waals surface area contributed by atoms with Crippen molar-refractivity contribution in [2.24, 2.45) is 5.14 Å². The minimum absolute atomic E-state index is 0.0470. The van der Waals surface area contributed by atoms with E-state index >= 15 is 0 Å². The van der Waals surface area contributed by atoms with Crippen molar-refractivity contribution >= 4 is 27.3 Å². The second-order valence-corrected chi connectivity index (χ2v) is 8.04. The lowest BCUT2D eigenvalue weighted by Crippen LogP contribution is -2.23. The van der Waals surface area contributed by atoms with Crippen molar-refractivity contribution in [2.45, 2.75) is 30.3 Å². The summed E-state index contributed by atoms with van der Waals surface area (Å²) in [6, 6.07) is 6.33. The molecule has 1 fully saturated rings. The molecule has 1 aliphatic heterocycles. The number of amides is 1. The fraction of sp³-hybridized carbons (Fsp3) is 0.333. The number of aromatic nitrogens is 1. The van der Waals surface area contributed by atoms with Crippen LogP contribution in [0.1, 0.15) is 39.9 Å². The molecule has 9 heteroatoms. The van der Waals surface area contributed by atoms with Crippen molar-refractivity contribution in [3.63, 3.8) is 0 Å². The first-order valence-electron chi connectivity index (χ1n) is 7.52. The van der Waals surface area contributed by atoms with Gasteiger partial charge >= 0.3 is 0 Å². The summed E-state index contributed by atoms with van der Waals surface area (Å²) >= 11 is 1.49. The second kappa shape index (κ2) is 6.98. The van der Waals surface area contributed by atoms with Gasteiger partial charge in [0.1, 0.15) is 10.7 Å². The van der Waals surface area contributed by atoms with Gasteiger partial charge in [-0.15, -0.1) is 11.3 Å². The Morgan fingerprint density at radius 2 is 2.12 bits per heavy atom. The summed E-state index contributed by atoms with van der Waals surface area (Å²) < 4.78 is 22.4. The van der Waals surface area contributed by atoms with Crippen molar-refractivity contribution in [1.29, 1.82) is 0 Å². The summed E-state index contributed by atoms with van der Waals surface area (Å²) in [7, 11) is -3.70. The van der Waals surface area contributed by atoms with Gasteiger partial charge in [-0.2, -0.15) is 0 Å². The lowest BCUT2D eigenvalue weighted by molar-refractivity contribution is 0.0946. The van der Waals surface area contributed by atoms with Gasteiger partial charge in [-0.05, 0) is 37.1 Å². The number of sulfonamides is 1. The molecule has 7 nitrogen and oxygen atoms in total. The molecule has 2 heterocycles. The van der Waals surface area contributed by atoms with Crippen LogP contribution in [0.2, 0.25) is 0 Å². The average Bonchev–Trinajstić information content (AvgIpc) is 3.22. The highest BCUT2D eigenvalue weighted by Gasteiger charge is 2.21. The zero-order valence-electron chi connectivity index (χ0n) is 12.9. The average molecular weight is 366 g/mol. The molecule has 1 amide bonds. The van der Waals surface area contributed by atoms with Crippen LogP contribution in [0.3, 0.4) is 0 Å². The Morgan fingerprint density at radius 3 is 2.75 bits per heavy atom. The highest BCUT2D eigenvalue weighted by atomic mass is 32.2. The molecule has 0 bridgehead atoms. The molecule has 0 saturated carbocycles. The maximum absolute atomic E-state index is 12.2. The molecule has 1 aromatic heterocycles. The number of carbonyl (C=O) groups excluding carboxylic acids is 1. The van der Waals surface area contributed by atoms with Crippen LogP contribution in [-0.2, 0) is 16.6 Å². The van der Waals surface area contributed by atoms with Gasteiger partial charge in [0.15, 0.2) is 0 Å². The van der Waals surface area contributed by atoms with E-state index < -0.39 is 10.0 Å². The van der Waals surface area contributed by atoms with Gasteiger partial charge < -0.3 is 10.6 Å². The molecule has 1 atom stereocenters. The Morgan fingerprint density at radius 1 is 1.38 bits per heavy atom. The maximum atomic E-state index is 12.2. The molecular weight excluding hydrogens is 348 g/mol. The summed E-state index contributed by atoms with van der Waals surface area (Å²) in [5, 5.41) is 13.9. The Kier molecular flexibility index (Phi) is 4.95. The summed E-state index contributed by atoms with van der Waals surface area (Å²) in [6.07, 6.45) is 2.17. The first-order chi connectivity index (χ1) is 11.4. The van der Waals surface area contributed by atoms with Crippen LogP contribution in [-0.4, -0.2) is 25.9 Å². The number of primary sulfonamides is 1. The van der Waals surface area contributed by atoms with Crippen LogP contribution in [0.25, 0.3) is 0 Å². The fourth-order valence-electron chi connectivity index (χ4n) is 2.52. The Bertz CT molecular complexity index is 825. The predicted octanol–water partition coefficient (Wildman–Crippen LogP) is 1.14. The van der Waals surface area contributed by atoms with Gasteiger partial charge in [-0.3, -0.25) is 4.79 Å². The molecule has 1 aromatic carbocycles. The summed E-state index contributed by atoms with van der Waals surface area (Å²) in [5.41, 5.74) is 1.19. The van der Waals surface area contributed by atoms with E-state index in [9.17, 15) is 13.2 Å². The SMILES string of the molecule is NS(=O)(=O)c1ccc(CNC(=O)c2csc(C3CCCN3)n2)cc1. The number of carbonyl (C=O) groups is 1. The highest BCUT2D eigenvalue weighted by Crippen LogP contribution is 2.25. The Labute approximate surface area is 144 Å². The molecule has 3 rings (SSSR count). The predicted molar refractivity (Wildman–Crippen MR) is 91.1 cm³/mol. The summed E-state index contributed by atoms with van der Waals surface area (Å²) in [4.78, 5) is 16.6. The molecule has 1 saturated heterocycles. The number of hydrogen-bond donors (Lipinski definition) is 3. The third kappa shape index (κ3) is 3.99. The smallest absolute Gasteiger partial charge is 0.271 e. The first-order valence-corrected chi connectivity index (χ1v) is 9.95. The largest absolute Gasteiger partial charge is 0.347 e. The molecule has 0 aliphatic carbocycles. The van der Waals surface area contributed by atoms with Crippen molar-refractivity contribution in [3.8, 4) is 0 Å². The molecule has 0 spiro atoms. The summed E-state index contributed by atoms with van der Waals surface area (Å²) in [6.45, 7) is 1.28. The van der Waals surface area contributed by atoms with Gasteiger partial charge in [0.05, 0.1) is 10.9 Å². The van der Waals surface area contributed by atoms with E-state index in [1.807, 2.05) is 0 Å². The van der Waals surface area contributed by atoms with Crippen LogP contribution < -0.4 is 15.8 Å². The molecule has 128 valence electrons. The zero-order valence-corrected chi connectivity index (χ0v) is 14.5. The third-order valence-electron chi connectivity index (χ3n) is 3.82. The minimum Gasteiger partial charge on any atom is -0.347 e. The molecule has 1 unspecified atom stereocenters. The number of nitrogens with zero attached hydrogens (tertiary/aromatic N) is 1. The quantitative estimate of drug-likeness (QED) is 0.734. The van der Waals surface area contributed by atoms with E-state index in [0.717, 1.165) is 30.0 Å². The van der Waals surface area contributed by atoms with E-state index in [0.29, 0.717) is 5.69 Å². The maximum Gasteiger partial charge on any atom is 0.271 e. The van der Waals surface area contributed by atoms with Crippen molar-refractivity contribution in [1.82, 2.24) is 15.6 Å². The number of rotatable bonds is 5. The lowest BCUT2D eigenvalue weighted by atomic mass is 10.2. The highest BCUT2D eigenvalue weighted by molar-refractivity contribution is 7.89. The van der Waals surface area contributed by atoms with E-state index in [1.54, 1.807) is 17.5 Å². The first kappa shape index (κ1) is 17.0. The van der Waals surface area contributed by atoms with E-state index in [2.05, 4.69) is 15.6 Å². The number of thiazole rings is 1. The van der Waals surface area contributed by atoms with Crippen LogP contribution in [0.5, 0.6) is 0 Å². The third-order valence-corrected chi connectivity index (χ3v) is 5.71. The standard InChI is InChI=1S/C15H18N4O3S2/c16-24(21,22)11-5-3-10(4-6-11)8-18-14(20)13-9-23-15(19-13)12-2-1-7-17-12/h3-6,9,12,17H,1-2,7-8H2,(H,18,20)(H2,16,21,22). The number of benzene rings is 1. The molecular formula is C15H18N4O3S2. The van der Waals surface area contributed by atoms with Gasteiger partial charge in [0, 0.05) is 11.9 Å². The lowest BCUT2D eigenvalue weighted by Gasteiger charge is -2.06. The summed E-state index contributed by atoms with van der Waals surface area (Å²) in [5.74, 6) is -0.244. The van der Waals surface area contributed by atoms with Crippen molar-refractivity contribution in [2.75, 3.05) is 6.54 Å². The molecule has 24 heavy (non-hydrogen) atoms. The molecule has 2 aromatic rings. The Balaban J connectivity index is 1.59. The number of nitrogens with two attached hydrogens (primary N) is 1. The van der Waals surface area contributed by atoms with Gasteiger partial charge in [-0.25, -0.2) is 18.5 Å². The van der Waals surface area contributed by atoms with Crippen LogP contribution in [0.15, 0.2) is 34.5 Å². The van der Waals surface area contributed by atoms with Gasteiger partial charge in [0.2, 0.25) is 10.0 Å². The van der Waals surface area contributed by atoms with E-state index in [1.165, 1.54) is 23.5 Å². The fourth-order valence-corrected chi connectivity index (χ4v) is 3.94. The Hall–Kier alpha value is -1.81. The van der Waals surface area contributed by atoms with Gasteiger partial charge in [0.25, 0.3) is 5.91 Å². The zero-order chi connectivity index (χ0) is 17.2. The molecule has 0 radical (unpaired) electrons. The minimum atomic E-state index is -3.70. The molecule has 4 N–H and O–H groups in total. The van der Waals surface area contributed by atoms with Gasteiger partial charge in [-0.1, -0.05) is 12.1 Å². The van der Waals surface area contributed by atoms with Crippen molar-refractivity contribution in [3.05, 3.63) is 45.9 Å². The normalized spacial score (nSPS) is 17.8.